The molecule has 44 heavy (non-hydrogen) atoms. The molecule has 4 nitrogen and oxygen atoms in total. The van der Waals surface area contributed by atoms with Crippen molar-refractivity contribution in [3.05, 3.63) is 82.9 Å². The van der Waals surface area contributed by atoms with E-state index in [2.05, 4.69) is 166 Å². The Morgan fingerprint density at radius 2 is 0.705 bits per heavy atom. The van der Waals surface area contributed by atoms with Crippen molar-refractivity contribution in [1.29, 1.82) is 0 Å². The van der Waals surface area contributed by atoms with Gasteiger partial charge in [0.2, 0.25) is 0 Å². The van der Waals surface area contributed by atoms with E-state index in [4.69, 9.17) is 9.47 Å². The molecule has 0 spiro atoms. The summed E-state index contributed by atoms with van der Waals surface area (Å²) in [6.07, 6.45) is 8.42. The zero-order valence-corrected chi connectivity index (χ0v) is 29.8. The van der Waals surface area contributed by atoms with Crippen molar-refractivity contribution < 1.29 is 9.47 Å². The molecule has 3 aromatic rings. The smallest absolute Gasteiger partial charge is 0.126 e. The fourth-order valence-corrected chi connectivity index (χ4v) is 6.61. The molecule has 0 radical (unpaired) electrons. The molecule has 0 aliphatic rings. The number of methoxy groups -OCH3 is 2. The van der Waals surface area contributed by atoms with E-state index in [1.165, 1.54) is 11.4 Å². The molecule has 0 unspecified atom stereocenters. The van der Waals surface area contributed by atoms with Crippen molar-refractivity contribution in [3.63, 3.8) is 0 Å². The summed E-state index contributed by atoms with van der Waals surface area (Å²) in [6, 6.07) is 21.6. The minimum atomic E-state index is 0.0128. The molecule has 0 fully saturated rings. The van der Waals surface area contributed by atoms with Crippen molar-refractivity contribution in [2.75, 3.05) is 24.0 Å². The molecule has 3 rings (SSSR count). The molecule has 0 saturated heterocycles. The largest absolute Gasteiger partial charge is 0.496 e. The summed E-state index contributed by atoms with van der Waals surface area (Å²) in [5.41, 5.74) is 6.66. The van der Waals surface area contributed by atoms with Gasteiger partial charge in [0.15, 0.2) is 0 Å². The molecule has 0 amide bonds. The van der Waals surface area contributed by atoms with Crippen molar-refractivity contribution in [2.45, 2.75) is 105 Å². The van der Waals surface area contributed by atoms with Crippen molar-refractivity contribution >= 4 is 35.7 Å². The predicted molar refractivity (Wildman–Crippen MR) is 194 cm³/mol. The maximum Gasteiger partial charge on any atom is 0.126 e. The third-order valence-electron chi connectivity index (χ3n) is 7.48. The Balaban J connectivity index is 1.86. The summed E-state index contributed by atoms with van der Waals surface area (Å²) < 4.78 is 11.6. The lowest BCUT2D eigenvalue weighted by Crippen LogP contribution is -2.53. The lowest BCUT2D eigenvalue weighted by Gasteiger charge is -2.47. The van der Waals surface area contributed by atoms with Gasteiger partial charge < -0.3 is 19.3 Å². The minimum absolute atomic E-state index is 0.0128. The van der Waals surface area contributed by atoms with Gasteiger partial charge in [-0.15, -0.1) is 0 Å². The van der Waals surface area contributed by atoms with E-state index in [-0.39, 0.29) is 22.2 Å². The Hall–Kier alpha value is -3.66. The van der Waals surface area contributed by atoms with Gasteiger partial charge in [0, 0.05) is 44.7 Å². The number of benzene rings is 3. The fraction of sp³-hybridized carbons (Fsp3) is 0.450. The van der Waals surface area contributed by atoms with Gasteiger partial charge in [0.25, 0.3) is 0 Å². The van der Waals surface area contributed by atoms with Gasteiger partial charge >= 0.3 is 0 Å². The summed E-state index contributed by atoms with van der Waals surface area (Å²) >= 11 is 0. The van der Waals surface area contributed by atoms with E-state index in [9.17, 15) is 0 Å². The molecule has 0 aromatic heterocycles. The second kappa shape index (κ2) is 13.1. The van der Waals surface area contributed by atoms with E-state index in [1.54, 1.807) is 14.2 Å². The van der Waals surface area contributed by atoms with Gasteiger partial charge in [0.1, 0.15) is 11.5 Å². The Morgan fingerprint density at radius 1 is 0.432 bits per heavy atom. The molecular weight excluding hydrogens is 540 g/mol. The normalized spacial score (nSPS) is 13.0. The van der Waals surface area contributed by atoms with Crippen LogP contribution in [0.15, 0.2) is 60.7 Å². The van der Waals surface area contributed by atoms with Crippen LogP contribution in [0.4, 0.5) is 11.4 Å². The van der Waals surface area contributed by atoms with Gasteiger partial charge in [-0.2, -0.15) is 0 Å². The molecule has 238 valence electrons. The van der Waals surface area contributed by atoms with E-state index >= 15 is 0 Å². The average Bonchev–Trinajstić information content (AvgIpc) is 2.89. The molecular formula is C40H56N2O2. The second-order valence-corrected chi connectivity index (χ2v) is 15.5. The molecule has 3 aromatic carbocycles. The van der Waals surface area contributed by atoms with Crippen LogP contribution in [0.3, 0.4) is 0 Å². The standard InChI is InChI=1S/C40H56N2O2/c1-37(2,3)41(38(4,5)6)33-23-17-29(18-24-33)15-21-31-27-36(44-14)32(28-35(31)43-13)22-16-30-19-25-34(26-20-30)42(39(7,8)9)40(10,11)12/h15-28H,1-14H3/b21-15+,22-16+. The molecule has 0 bridgehead atoms. The van der Waals surface area contributed by atoms with Crippen LogP contribution in [0.5, 0.6) is 11.5 Å². The highest BCUT2D eigenvalue weighted by Crippen LogP contribution is 2.35. The zero-order valence-electron chi connectivity index (χ0n) is 29.8. The zero-order chi connectivity index (χ0) is 33.1. The predicted octanol–water partition coefficient (Wildman–Crippen LogP) is 10.9. The maximum absolute atomic E-state index is 5.80. The van der Waals surface area contributed by atoms with Gasteiger partial charge in [-0.05, 0) is 131 Å². The van der Waals surface area contributed by atoms with Crippen LogP contribution < -0.4 is 19.3 Å². The van der Waals surface area contributed by atoms with E-state index in [1.807, 2.05) is 12.1 Å². The van der Waals surface area contributed by atoms with E-state index in [0.29, 0.717) is 0 Å². The summed E-state index contributed by atoms with van der Waals surface area (Å²) in [6.45, 7) is 27.1. The van der Waals surface area contributed by atoms with Crippen LogP contribution in [0.2, 0.25) is 0 Å². The quantitative estimate of drug-likeness (QED) is 0.242. The van der Waals surface area contributed by atoms with E-state index in [0.717, 1.165) is 33.8 Å². The van der Waals surface area contributed by atoms with Crippen molar-refractivity contribution in [2.24, 2.45) is 0 Å². The highest BCUT2D eigenvalue weighted by atomic mass is 16.5. The number of hydrogen-bond donors (Lipinski definition) is 0. The number of nitrogens with zero attached hydrogens (tertiary/aromatic N) is 2. The minimum Gasteiger partial charge on any atom is -0.496 e. The lowest BCUT2D eigenvalue weighted by atomic mass is 9.94. The lowest BCUT2D eigenvalue weighted by molar-refractivity contribution is 0.380. The van der Waals surface area contributed by atoms with Crippen LogP contribution in [0, 0.1) is 0 Å². The molecule has 0 saturated carbocycles. The third-order valence-corrected chi connectivity index (χ3v) is 7.48. The molecule has 0 aliphatic heterocycles. The van der Waals surface area contributed by atoms with Gasteiger partial charge in [-0.25, -0.2) is 0 Å². The van der Waals surface area contributed by atoms with Crippen LogP contribution in [-0.2, 0) is 0 Å². The van der Waals surface area contributed by atoms with Gasteiger partial charge in [0.05, 0.1) is 14.2 Å². The number of anilines is 2. The van der Waals surface area contributed by atoms with Crippen LogP contribution >= 0.6 is 0 Å². The third kappa shape index (κ3) is 8.71. The first-order chi connectivity index (χ1) is 20.3. The molecule has 0 atom stereocenters. The van der Waals surface area contributed by atoms with Gasteiger partial charge in [-0.1, -0.05) is 48.6 Å². The second-order valence-electron chi connectivity index (χ2n) is 15.5. The highest BCUT2D eigenvalue weighted by Gasteiger charge is 2.32. The first-order valence-electron chi connectivity index (χ1n) is 15.7. The summed E-state index contributed by atoms with van der Waals surface area (Å²) in [7, 11) is 3.42. The fourth-order valence-electron chi connectivity index (χ4n) is 6.61. The molecule has 0 heterocycles. The maximum atomic E-state index is 5.80. The summed E-state index contributed by atoms with van der Waals surface area (Å²) in [5.74, 6) is 1.60. The average molecular weight is 597 g/mol. The Labute approximate surface area is 268 Å². The number of hydrogen-bond acceptors (Lipinski definition) is 4. The number of rotatable bonds is 8. The SMILES string of the molecule is COc1cc(/C=C/c2ccc(N(C(C)(C)C)C(C)(C)C)cc2)c(OC)cc1/C=C/c1ccc(N(C(C)(C)C)C(C)(C)C)cc1. The van der Waals surface area contributed by atoms with Gasteiger partial charge in [-0.3, -0.25) is 0 Å². The molecule has 4 heteroatoms. The number of ether oxygens (including phenoxy) is 2. The highest BCUT2D eigenvalue weighted by molar-refractivity contribution is 5.79. The Morgan fingerprint density at radius 3 is 0.932 bits per heavy atom. The Bertz CT molecular complexity index is 1300. The van der Waals surface area contributed by atoms with Crippen molar-refractivity contribution in [3.8, 4) is 11.5 Å². The van der Waals surface area contributed by atoms with Crippen LogP contribution in [-0.4, -0.2) is 36.4 Å². The summed E-state index contributed by atoms with van der Waals surface area (Å²) in [5, 5.41) is 0. The first-order valence-corrected chi connectivity index (χ1v) is 15.7. The topological polar surface area (TPSA) is 24.9 Å². The first kappa shape index (κ1) is 34.8. The molecule has 0 aliphatic carbocycles. The van der Waals surface area contributed by atoms with Crippen molar-refractivity contribution in [1.82, 2.24) is 0 Å². The van der Waals surface area contributed by atoms with Crippen LogP contribution in [0.25, 0.3) is 24.3 Å². The van der Waals surface area contributed by atoms with Crippen LogP contribution in [0.1, 0.15) is 105 Å². The van der Waals surface area contributed by atoms with E-state index < -0.39 is 0 Å². The monoisotopic (exact) mass is 596 g/mol. The Kier molecular flexibility index (Phi) is 10.4. The summed E-state index contributed by atoms with van der Waals surface area (Å²) in [4.78, 5) is 4.93. The molecule has 0 N–H and O–H groups in total.